The second kappa shape index (κ2) is 7.85. The van der Waals surface area contributed by atoms with Crippen LogP contribution >= 0.6 is 11.6 Å². The van der Waals surface area contributed by atoms with Crippen molar-refractivity contribution in [2.45, 2.75) is 31.6 Å². The molecular weight excluding hydrogens is 326 g/mol. The molecule has 0 aliphatic carbocycles. The molecule has 2 saturated heterocycles. The maximum absolute atomic E-state index is 13.5. The average molecular weight is 352 g/mol. The number of carbonyl (C=O) groups is 1. The van der Waals surface area contributed by atoms with Crippen molar-refractivity contribution in [3.05, 3.63) is 34.9 Å². The van der Waals surface area contributed by atoms with Crippen molar-refractivity contribution < 1.29 is 14.3 Å². The van der Waals surface area contributed by atoms with E-state index in [1.165, 1.54) is 0 Å². The van der Waals surface area contributed by atoms with E-state index in [-0.39, 0.29) is 5.91 Å². The third-order valence-electron chi connectivity index (χ3n) is 5.30. The molecule has 1 atom stereocenters. The number of nitrogens with zero attached hydrogens (tertiary/aromatic N) is 1. The minimum atomic E-state index is -0.515. The number of hydrogen-bond donors (Lipinski definition) is 0. The molecule has 4 nitrogen and oxygen atoms in total. The van der Waals surface area contributed by atoms with Crippen molar-refractivity contribution in [1.82, 2.24) is 4.90 Å². The summed E-state index contributed by atoms with van der Waals surface area (Å²) >= 11 is 6.21. The van der Waals surface area contributed by atoms with E-state index < -0.39 is 5.41 Å². The van der Waals surface area contributed by atoms with E-state index >= 15 is 0 Å². The highest BCUT2D eigenvalue weighted by atomic mass is 35.5. The summed E-state index contributed by atoms with van der Waals surface area (Å²) < 4.78 is 11.0. The van der Waals surface area contributed by atoms with Gasteiger partial charge in [0.1, 0.15) is 0 Å². The van der Waals surface area contributed by atoms with Crippen molar-refractivity contribution in [3.8, 4) is 0 Å². The molecule has 24 heavy (non-hydrogen) atoms. The van der Waals surface area contributed by atoms with Crippen LogP contribution in [0.15, 0.2) is 24.3 Å². The second-order valence-corrected chi connectivity index (χ2v) is 7.21. The first-order valence-electron chi connectivity index (χ1n) is 8.86. The Morgan fingerprint density at radius 3 is 2.71 bits per heavy atom. The Balaban J connectivity index is 1.87. The Hall–Kier alpha value is -1.10. The van der Waals surface area contributed by atoms with Crippen molar-refractivity contribution in [1.29, 1.82) is 0 Å². The SMILES string of the molecule is CCN(CC1CCOC1)C(=O)C1(c2cccc(Cl)c2)CCOCC1. The molecule has 1 aromatic carbocycles. The van der Waals surface area contributed by atoms with Gasteiger partial charge >= 0.3 is 0 Å². The minimum absolute atomic E-state index is 0.211. The molecule has 1 unspecified atom stereocenters. The van der Waals surface area contributed by atoms with E-state index in [4.69, 9.17) is 21.1 Å². The molecule has 2 heterocycles. The summed E-state index contributed by atoms with van der Waals surface area (Å²) in [4.78, 5) is 15.5. The molecule has 0 saturated carbocycles. The van der Waals surface area contributed by atoms with Gasteiger partial charge in [-0.05, 0) is 43.9 Å². The largest absolute Gasteiger partial charge is 0.381 e. The summed E-state index contributed by atoms with van der Waals surface area (Å²) in [6.45, 7) is 6.35. The first-order chi connectivity index (χ1) is 11.7. The molecule has 2 fully saturated rings. The molecule has 0 N–H and O–H groups in total. The smallest absolute Gasteiger partial charge is 0.233 e. The van der Waals surface area contributed by atoms with Crippen molar-refractivity contribution in [2.24, 2.45) is 5.92 Å². The van der Waals surface area contributed by atoms with E-state index in [9.17, 15) is 4.79 Å². The summed E-state index contributed by atoms with van der Waals surface area (Å²) in [6, 6.07) is 7.76. The number of hydrogen-bond acceptors (Lipinski definition) is 3. The number of likely N-dealkylation sites (N-methyl/N-ethyl adjacent to an activating group) is 1. The lowest BCUT2D eigenvalue weighted by atomic mass is 9.73. The predicted molar refractivity (Wildman–Crippen MR) is 94.4 cm³/mol. The number of halogens is 1. The van der Waals surface area contributed by atoms with E-state index in [0.717, 1.165) is 38.3 Å². The number of ether oxygens (including phenoxy) is 2. The molecule has 132 valence electrons. The summed E-state index contributed by atoms with van der Waals surface area (Å²) in [6.07, 6.45) is 2.46. The van der Waals surface area contributed by atoms with Crippen molar-refractivity contribution >= 4 is 17.5 Å². The molecule has 0 spiro atoms. The van der Waals surface area contributed by atoms with Gasteiger partial charge in [0.25, 0.3) is 0 Å². The average Bonchev–Trinajstić information content (AvgIpc) is 3.13. The molecule has 2 aliphatic heterocycles. The topological polar surface area (TPSA) is 38.8 Å². The Labute approximate surface area is 149 Å². The van der Waals surface area contributed by atoms with Gasteiger partial charge in [-0.25, -0.2) is 0 Å². The standard InChI is InChI=1S/C19H26ClNO3/c1-2-21(13-15-6-9-24-14-15)18(22)19(7-10-23-11-8-19)16-4-3-5-17(20)12-16/h3-5,12,15H,2,6-11,13-14H2,1H3. The third kappa shape index (κ3) is 3.61. The van der Waals surface area contributed by atoms with Crippen LogP contribution in [0, 0.1) is 5.92 Å². The lowest BCUT2D eigenvalue weighted by molar-refractivity contribution is -0.141. The quantitative estimate of drug-likeness (QED) is 0.817. The summed E-state index contributed by atoms with van der Waals surface area (Å²) in [5, 5.41) is 0.679. The minimum Gasteiger partial charge on any atom is -0.381 e. The zero-order valence-corrected chi connectivity index (χ0v) is 15.1. The Kier molecular flexibility index (Phi) is 5.80. The predicted octanol–water partition coefficient (Wildman–Crippen LogP) is 3.27. The van der Waals surface area contributed by atoms with Crippen LogP contribution in [0.1, 0.15) is 31.7 Å². The summed E-state index contributed by atoms with van der Waals surface area (Å²) in [5.41, 5.74) is 0.503. The number of benzene rings is 1. The maximum atomic E-state index is 13.5. The van der Waals surface area contributed by atoms with Gasteiger partial charge in [-0.15, -0.1) is 0 Å². The van der Waals surface area contributed by atoms with E-state index in [2.05, 4.69) is 6.92 Å². The molecule has 0 aromatic heterocycles. The molecule has 1 aromatic rings. The molecule has 0 bridgehead atoms. The van der Waals surface area contributed by atoms with Crippen molar-refractivity contribution in [2.75, 3.05) is 39.5 Å². The fourth-order valence-electron chi connectivity index (χ4n) is 3.83. The fraction of sp³-hybridized carbons (Fsp3) is 0.632. The van der Waals surface area contributed by atoms with Crippen LogP contribution in [0.2, 0.25) is 5.02 Å². The lowest BCUT2D eigenvalue weighted by Gasteiger charge is -2.40. The van der Waals surface area contributed by atoms with Crippen LogP contribution in [-0.2, 0) is 19.7 Å². The van der Waals surface area contributed by atoms with Crippen LogP contribution in [0.3, 0.4) is 0 Å². The monoisotopic (exact) mass is 351 g/mol. The molecule has 3 rings (SSSR count). The van der Waals surface area contributed by atoms with Gasteiger partial charge in [0.15, 0.2) is 0 Å². The van der Waals surface area contributed by atoms with Gasteiger partial charge in [-0.1, -0.05) is 23.7 Å². The van der Waals surface area contributed by atoms with Crippen LogP contribution < -0.4 is 0 Å². The zero-order chi connectivity index (χ0) is 17.0. The van der Waals surface area contributed by atoms with E-state index in [0.29, 0.717) is 37.0 Å². The molecule has 2 aliphatic rings. The first kappa shape index (κ1) is 17.7. The number of amides is 1. The number of carbonyl (C=O) groups excluding carboxylic acids is 1. The van der Waals surface area contributed by atoms with Gasteiger partial charge in [0, 0.05) is 43.9 Å². The number of rotatable bonds is 5. The normalized spacial score (nSPS) is 23.2. The van der Waals surface area contributed by atoms with E-state index in [1.807, 2.05) is 29.2 Å². The fourth-order valence-corrected chi connectivity index (χ4v) is 4.02. The van der Waals surface area contributed by atoms with Gasteiger partial charge < -0.3 is 14.4 Å². The summed E-state index contributed by atoms with van der Waals surface area (Å²) in [5.74, 6) is 0.660. The summed E-state index contributed by atoms with van der Waals surface area (Å²) in [7, 11) is 0. The van der Waals surface area contributed by atoms with Crippen molar-refractivity contribution in [3.63, 3.8) is 0 Å². The highest BCUT2D eigenvalue weighted by Gasteiger charge is 2.44. The van der Waals surface area contributed by atoms with E-state index in [1.54, 1.807) is 0 Å². The molecule has 0 radical (unpaired) electrons. The Morgan fingerprint density at radius 2 is 2.08 bits per heavy atom. The van der Waals surface area contributed by atoms with Crippen LogP contribution in [0.5, 0.6) is 0 Å². The Bertz CT molecular complexity index is 565. The van der Waals surface area contributed by atoms with Crippen LogP contribution in [-0.4, -0.2) is 50.3 Å². The van der Waals surface area contributed by atoms with Gasteiger partial charge in [0.05, 0.1) is 12.0 Å². The molecule has 1 amide bonds. The lowest BCUT2D eigenvalue weighted by Crippen LogP contribution is -2.51. The van der Waals surface area contributed by atoms with Crippen LogP contribution in [0.25, 0.3) is 0 Å². The van der Waals surface area contributed by atoms with Gasteiger partial charge in [-0.2, -0.15) is 0 Å². The third-order valence-corrected chi connectivity index (χ3v) is 5.54. The maximum Gasteiger partial charge on any atom is 0.233 e. The second-order valence-electron chi connectivity index (χ2n) is 6.78. The first-order valence-corrected chi connectivity index (χ1v) is 9.24. The van der Waals surface area contributed by atoms with Gasteiger partial charge in [0.2, 0.25) is 5.91 Å². The highest BCUT2D eigenvalue weighted by molar-refractivity contribution is 6.30. The highest BCUT2D eigenvalue weighted by Crippen LogP contribution is 2.38. The van der Waals surface area contributed by atoms with Crippen LogP contribution in [0.4, 0.5) is 0 Å². The zero-order valence-electron chi connectivity index (χ0n) is 14.3. The Morgan fingerprint density at radius 1 is 1.29 bits per heavy atom. The molecule has 5 heteroatoms. The van der Waals surface area contributed by atoms with Gasteiger partial charge in [-0.3, -0.25) is 4.79 Å². The molecular formula is C19H26ClNO3.